The van der Waals surface area contributed by atoms with Gasteiger partial charge in [0.05, 0.1) is 5.52 Å². The van der Waals surface area contributed by atoms with E-state index in [1.807, 2.05) is 30.3 Å². The van der Waals surface area contributed by atoms with Crippen molar-refractivity contribution in [2.45, 2.75) is 0 Å². The van der Waals surface area contributed by atoms with Gasteiger partial charge in [-0.2, -0.15) is 0 Å². The number of para-hydroxylation sites is 1. The van der Waals surface area contributed by atoms with Crippen molar-refractivity contribution in [2.24, 2.45) is 5.73 Å². The van der Waals surface area contributed by atoms with Gasteiger partial charge in [0.15, 0.2) is 5.82 Å². The van der Waals surface area contributed by atoms with Crippen LogP contribution in [0.2, 0.25) is 0 Å². The molecular formula is C14H11N5O. The minimum absolute atomic E-state index is 0.391. The number of urea groups is 1. The monoisotopic (exact) mass is 265 g/mol. The average molecular weight is 265 g/mol. The summed E-state index contributed by atoms with van der Waals surface area (Å²) in [6.45, 7) is 0. The first-order valence-electron chi connectivity index (χ1n) is 5.97. The Hall–Kier alpha value is -3.02. The smallest absolute Gasteiger partial charge is 0.317 e. The van der Waals surface area contributed by atoms with E-state index in [1.54, 1.807) is 18.5 Å². The first-order valence-corrected chi connectivity index (χ1v) is 5.97. The van der Waals surface area contributed by atoms with E-state index in [9.17, 15) is 4.79 Å². The van der Waals surface area contributed by atoms with Crippen molar-refractivity contribution in [1.82, 2.24) is 15.0 Å². The van der Waals surface area contributed by atoms with Crippen LogP contribution < -0.4 is 11.1 Å². The Morgan fingerprint density at radius 2 is 1.95 bits per heavy atom. The number of amides is 2. The van der Waals surface area contributed by atoms with Gasteiger partial charge in [-0.25, -0.2) is 14.8 Å². The third-order valence-electron chi connectivity index (χ3n) is 2.76. The molecule has 3 aromatic rings. The molecule has 1 aromatic carbocycles. The van der Waals surface area contributed by atoms with Crippen molar-refractivity contribution in [3.05, 3.63) is 48.8 Å². The molecule has 98 valence electrons. The SMILES string of the molecule is NC(=O)Nc1nc(-c2cccnc2)nc2ccccc12. The summed E-state index contributed by atoms with van der Waals surface area (Å²) in [6, 6.07) is 10.4. The molecule has 0 saturated carbocycles. The molecule has 6 nitrogen and oxygen atoms in total. The van der Waals surface area contributed by atoms with Crippen LogP contribution in [0, 0.1) is 0 Å². The second-order valence-electron chi connectivity index (χ2n) is 4.14. The predicted molar refractivity (Wildman–Crippen MR) is 76.0 cm³/mol. The fourth-order valence-corrected chi connectivity index (χ4v) is 1.91. The number of pyridine rings is 1. The molecule has 0 unspecified atom stereocenters. The van der Waals surface area contributed by atoms with Crippen LogP contribution in [0.4, 0.5) is 10.6 Å². The number of nitrogens with one attached hydrogen (secondary N) is 1. The number of anilines is 1. The van der Waals surface area contributed by atoms with Crippen molar-refractivity contribution in [2.75, 3.05) is 5.32 Å². The average Bonchev–Trinajstić information content (AvgIpc) is 2.47. The van der Waals surface area contributed by atoms with Gasteiger partial charge in [0.25, 0.3) is 0 Å². The van der Waals surface area contributed by atoms with E-state index in [1.165, 1.54) is 0 Å². The first kappa shape index (κ1) is 12.0. The standard InChI is InChI=1S/C14H11N5O/c15-14(20)19-13-10-5-1-2-6-11(10)17-12(18-13)9-4-3-7-16-8-9/h1-8H,(H3,15,17,18,19,20). The number of nitrogens with zero attached hydrogens (tertiary/aromatic N) is 3. The van der Waals surface area contributed by atoms with Crippen molar-refractivity contribution >= 4 is 22.8 Å². The summed E-state index contributed by atoms with van der Waals surface area (Å²) in [4.78, 5) is 24.0. The molecule has 3 rings (SSSR count). The summed E-state index contributed by atoms with van der Waals surface area (Å²) >= 11 is 0. The van der Waals surface area contributed by atoms with Crippen molar-refractivity contribution in [1.29, 1.82) is 0 Å². The van der Waals surface area contributed by atoms with Gasteiger partial charge in [-0.1, -0.05) is 12.1 Å². The Morgan fingerprint density at radius 3 is 2.70 bits per heavy atom. The summed E-state index contributed by atoms with van der Waals surface area (Å²) in [6.07, 6.45) is 3.34. The highest BCUT2D eigenvalue weighted by atomic mass is 16.2. The zero-order valence-corrected chi connectivity index (χ0v) is 10.4. The molecular weight excluding hydrogens is 254 g/mol. The van der Waals surface area contributed by atoms with Crippen LogP contribution in [0.25, 0.3) is 22.3 Å². The zero-order valence-electron chi connectivity index (χ0n) is 10.4. The summed E-state index contributed by atoms with van der Waals surface area (Å²) in [5.74, 6) is 0.877. The molecule has 0 fully saturated rings. The third kappa shape index (κ3) is 2.26. The molecule has 0 spiro atoms. The van der Waals surface area contributed by atoms with E-state index in [4.69, 9.17) is 5.73 Å². The topological polar surface area (TPSA) is 93.8 Å². The number of carbonyl (C=O) groups excluding carboxylic acids is 1. The maximum absolute atomic E-state index is 11.1. The quantitative estimate of drug-likeness (QED) is 0.742. The molecule has 0 saturated heterocycles. The van der Waals surface area contributed by atoms with Gasteiger partial charge >= 0.3 is 6.03 Å². The van der Waals surface area contributed by atoms with Crippen LogP contribution in [-0.2, 0) is 0 Å². The highest BCUT2D eigenvalue weighted by molar-refractivity contribution is 5.98. The van der Waals surface area contributed by atoms with Crippen LogP contribution in [-0.4, -0.2) is 21.0 Å². The lowest BCUT2D eigenvalue weighted by Gasteiger charge is -2.08. The molecule has 20 heavy (non-hydrogen) atoms. The summed E-state index contributed by atoms with van der Waals surface area (Å²) in [5, 5.41) is 3.26. The van der Waals surface area contributed by atoms with Crippen LogP contribution in [0.1, 0.15) is 0 Å². The summed E-state index contributed by atoms with van der Waals surface area (Å²) in [7, 11) is 0. The maximum atomic E-state index is 11.1. The normalized spacial score (nSPS) is 10.4. The van der Waals surface area contributed by atoms with Gasteiger partial charge in [0.1, 0.15) is 5.82 Å². The van der Waals surface area contributed by atoms with Gasteiger partial charge in [-0.15, -0.1) is 0 Å². The van der Waals surface area contributed by atoms with E-state index in [2.05, 4.69) is 20.3 Å². The number of fused-ring (bicyclic) bond motifs is 1. The Kier molecular flexibility index (Phi) is 2.96. The van der Waals surface area contributed by atoms with Crippen LogP contribution in [0.5, 0.6) is 0 Å². The molecule has 3 N–H and O–H groups in total. The van der Waals surface area contributed by atoms with Gasteiger partial charge in [0, 0.05) is 23.3 Å². The van der Waals surface area contributed by atoms with E-state index >= 15 is 0 Å². The first-order chi connectivity index (χ1) is 9.74. The number of benzene rings is 1. The maximum Gasteiger partial charge on any atom is 0.317 e. The minimum atomic E-state index is -0.661. The zero-order chi connectivity index (χ0) is 13.9. The van der Waals surface area contributed by atoms with Crippen molar-refractivity contribution in [3.8, 4) is 11.4 Å². The number of aromatic nitrogens is 3. The molecule has 2 amide bonds. The third-order valence-corrected chi connectivity index (χ3v) is 2.76. The van der Waals surface area contributed by atoms with E-state index in [-0.39, 0.29) is 0 Å². The predicted octanol–water partition coefficient (Wildman–Crippen LogP) is 2.18. The molecule has 2 heterocycles. The van der Waals surface area contributed by atoms with Crippen molar-refractivity contribution < 1.29 is 4.79 Å². The van der Waals surface area contributed by atoms with E-state index in [0.717, 1.165) is 16.5 Å². The van der Waals surface area contributed by atoms with Gasteiger partial charge in [-0.3, -0.25) is 10.3 Å². The minimum Gasteiger partial charge on any atom is -0.351 e. The van der Waals surface area contributed by atoms with Gasteiger partial charge < -0.3 is 5.73 Å². The number of carbonyl (C=O) groups is 1. The van der Waals surface area contributed by atoms with E-state index in [0.29, 0.717) is 11.6 Å². The molecule has 0 aliphatic heterocycles. The Morgan fingerprint density at radius 1 is 1.10 bits per heavy atom. The lowest BCUT2D eigenvalue weighted by molar-refractivity contribution is 0.259. The van der Waals surface area contributed by atoms with Gasteiger partial charge in [-0.05, 0) is 24.3 Å². The fourth-order valence-electron chi connectivity index (χ4n) is 1.91. The number of rotatable bonds is 2. The highest BCUT2D eigenvalue weighted by Crippen LogP contribution is 2.24. The van der Waals surface area contributed by atoms with E-state index < -0.39 is 6.03 Å². The van der Waals surface area contributed by atoms with Crippen LogP contribution in [0.3, 0.4) is 0 Å². The fraction of sp³-hybridized carbons (Fsp3) is 0. The molecule has 0 aliphatic carbocycles. The van der Waals surface area contributed by atoms with Crippen LogP contribution in [0.15, 0.2) is 48.8 Å². The summed E-state index contributed by atoms with van der Waals surface area (Å²) < 4.78 is 0. The van der Waals surface area contributed by atoms with Crippen molar-refractivity contribution in [3.63, 3.8) is 0 Å². The second kappa shape index (κ2) is 4.93. The number of hydrogen-bond donors (Lipinski definition) is 2. The van der Waals surface area contributed by atoms with Crippen LogP contribution >= 0.6 is 0 Å². The molecule has 0 radical (unpaired) electrons. The van der Waals surface area contributed by atoms with Gasteiger partial charge in [0.2, 0.25) is 0 Å². The lowest BCUT2D eigenvalue weighted by atomic mass is 10.2. The highest BCUT2D eigenvalue weighted by Gasteiger charge is 2.10. The molecule has 0 aliphatic rings. The number of primary amides is 1. The number of nitrogens with two attached hydrogens (primary N) is 1. The Balaban J connectivity index is 2.22. The Labute approximate surface area is 114 Å². The lowest BCUT2D eigenvalue weighted by Crippen LogP contribution is -2.20. The molecule has 0 atom stereocenters. The largest absolute Gasteiger partial charge is 0.351 e. The molecule has 2 aromatic heterocycles. The molecule has 6 heteroatoms. The Bertz CT molecular complexity index is 773. The second-order valence-corrected chi connectivity index (χ2v) is 4.14. The summed E-state index contributed by atoms with van der Waals surface area (Å²) in [5.41, 5.74) is 6.68. The number of hydrogen-bond acceptors (Lipinski definition) is 4. The molecule has 0 bridgehead atoms.